The quantitative estimate of drug-likeness (QED) is 0.880. The normalized spacial score (nSPS) is 26.7. The summed E-state index contributed by atoms with van der Waals surface area (Å²) in [4.78, 5) is 0. The first-order chi connectivity index (χ1) is 6.81. The van der Waals surface area contributed by atoms with E-state index in [0.717, 1.165) is 10.0 Å². The maximum Gasteiger partial charge on any atom is 0.185 e. The number of hydrogen-bond donors (Lipinski definition) is 1. The van der Waals surface area contributed by atoms with E-state index < -0.39 is 0 Å². The van der Waals surface area contributed by atoms with Gasteiger partial charge >= 0.3 is 0 Å². The second-order valence-electron chi connectivity index (χ2n) is 3.13. The monoisotopic (exact) mass is 258 g/mol. The fourth-order valence-electron chi connectivity index (χ4n) is 1.37. The molecule has 0 amide bonds. The van der Waals surface area contributed by atoms with Crippen LogP contribution in [0.25, 0.3) is 0 Å². The van der Waals surface area contributed by atoms with E-state index >= 15 is 0 Å². The lowest BCUT2D eigenvalue weighted by Gasteiger charge is -2.11. The second-order valence-corrected chi connectivity index (χ2v) is 3.98. The fourth-order valence-corrected chi connectivity index (χ4v) is 1.84. The van der Waals surface area contributed by atoms with Gasteiger partial charge in [-0.05, 0) is 6.07 Å². The van der Waals surface area contributed by atoms with Crippen LogP contribution in [0.5, 0.6) is 0 Å². The molecule has 0 aliphatic carbocycles. The van der Waals surface area contributed by atoms with Crippen LogP contribution in [0.2, 0.25) is 0 Å². The SMILES string of the molecule is OCC1COC(c2ccccc2Br)O1. The third kappa shape index (κ3) is 1.98. The number of aliphatic hydroxyl groups is 1. The minimum Gasteiger partial charge on any atom is -0.394 e. The Morgan fingerprint density at radius 2 is 2.21 bits per heavy atom. The predicted octanol–water partition coefficient (Wildman–Crippen LogP) is 1.86. The molecule has 0 bridgehead atoms. The van der Waals surface area contributed by atoms with Crippen LogP contribution < -0.4 is 0 Å². The third-order valence-corrected chi connectivity index (χ3v) is 2.83. The molecule has 4 heteroatoms. The van der Waals surface area contributed by atoms with Crippen LogP contribution in [0.1, 0.15) is 11.9 Å². The molecule has 1 aliphatic rings. The Morgan fingerprint density at radius 1 is 1.43 bits per heavy atom. The number of rotatable bonds is 2. The van der Waals surface area contributed by atoms with Crippen LogP contribution in [-0.2, 0) is 9.47 Å². The molecule has 14 heavy (non-hydrogen) atoms. The van der Waals surface area contributed by atoms with E-state index in [4.69, 9.17) is 14.6 Å². The summed E-state index contributed by atoms with van der Waals surface area (Å²) < 4.78 is 11.8. The van der Waals surface area contributed by atoms with Crippen molar-refractivity contribution in [2.75, 3.05) is 13.2 Å². The smallest absolute Gasteiger partial charge is 0.185 e. The number of halogens is 1. The molecule has 2 atom stereocenters. The molecule has 0 aromatic heterocycles. The lowest BCUT2D eigenvalue weighted by molar-refractivity contribution is -0.0680. The zero-order valence-electron chi connectivity index (χ0n) is 7.52. The van der Waals surface area contributed by atoms with Gasteiger partial charge < -0.3 is 14.6 Å². The summed E-state index contributed by atoms with van der Waals surface area (Å²) in [5.41, 5.74) is 0.962. The highest BCUT2D eigenvalue weighted by atomic mass is 79.9. The third-order valence-electron chi connectivity index (χ3n) is 2.11. The minimum atomic E-state index is -0.359. The van der Waals surface area contributed by atoms with Crippen LogP contribution >= 0.6 is 15.9 Å². The molecule has 2 unspecified atom stereocenters. The van der Waals surface area contributed by atoms with Crippen molar-refractivity contribution < 1.29 is 14.6 Å². The van der Waals surface area contributed by atoms with Gasteiger partial charge in [-0.25, -0.2) is 0 Å². The number of aliphatic hydroxyl groups excluding tert-OH is 1. The minimum absolute atomic E-state index is 0.000945. The molecule has 3 nitrogen and oxygen atoms in total. The lowest BCUT2D eigenvalue weighted by Crippen LogP contribution is -2.14. The van der Waals surface area contributed by atoms with Crippen LogP contribution in [0.3, 0.4) is 0 Å². The van der Waals surface area contributed by atoms with Crippen LogP contribution in [-0.4, -0.2) is 24.4 Å². The Hall–Kier alpha value is -0.420. The first-order valence-electron chi connectivity index (χ1n) is 4.43. The summed E-state index contributed by atoms with van der Waals surface area (Å²) in [6, 6.07) is 7.74. The van der Waals surface area contributed by atoms with E-state index in [1.807, 2.05) is 24.3 Å². The van der Waals surface area contributed by atoms with E-state index in [2.05, 4.69) is 15.9 Å². The van der Waals surface area contributed by atoms with Crippen LogP contribution in [0, 0.1) is 0 Å². The molecule has 0 saturated carbocycles. The molecule has 1 fully saturated rings. The molecular formula is C10H11BrO3. The van der Waals surface area contributed by atoms with Crippen molar-refractivity contribution in [3.8, 4) is 0 Å². The van der Waals surface area contributed by atoms with Crippen molar-refractivity contribution in [2.45, 2.75) is 12.4 Å². The van der Waals surface area contributed by atoms with Crippen LogP contribution in [0.4, 0.5) is 0 Å². The molecular weight excluding hydrogens is 248 g/mol. The molecule has 1 aliphatic heterocycles. The van der Waals surface area contributed by atoms with Crippen molar-refractivity contribution >= 4 is 15.9 Å². The van der Waals surface area contributed by atoms with E-state index in [1.165, 1.54) is 0 Å². The van der Waals surface area contributed by atoms with Gasteiger partial charge in [0.1, 0.15) is 6.10 Å². The number of ether oxygens (including phenoxy) is 2. The van der Waals surface area contributed by atoms with Crippen molar-refractivity contribution in [2.24, 2.45) is 0 Å². The van der Waals surface area contributed by atoms with Gasteiger partial charge in [-0.15, -0.1) is 0 Å². The van der Waals surface area contributed by atoms with Gasteiger partial charge in [-0.1, -0.05) is 34.1 Å². The summed E-state index contributed by atoms with van der Waals surface area (Å²) in [5, 5.41) is 8.88. The Bertz CT molecular complexity index is 316. The van der Waals surface area contributed by atoms with Gasteiger partial charge in [0, 0.05) is 10.0 Å². The number of benzene rings is 1. The average Bonchev–Trinajstić information content (AvgIpc) is 2.67. The summed E-state index contributed by atoms with van der Waals surface area (Å²) in [6.45, 7) is 0.448. The molecule has 1 aromatic carbocycles. The number of hydrogen-bond acceptors (Lipinski definition) is 3. The molecule has 1 heterocycles. The highest BCUT2D eigenvalue weighted by molar-refractivity contribution is 9.10. The summed E-state index contributed by atoms with van der Waals surface area (Å²) >= 11 is 3.43. The zero-order chi connectivity index (χ0) is 9.97. The Morgan fingerprint density at radius 3 is 2.86 bits per heavy atom. The summed E-state index contributed by atoms with van der Waals surface area (Å²) in [6.07, 6.45) is -0.560. The Balaban J connectivity index is 2.13. The van der Waals surface area contributed by atoms with E-state index in [-0.39, 0.29) is 19.0 Å². The van der Waals surface area contributed by atoms with Gasteiger partial charge in [-0.2, -0.15) is 0 Å². The van der Waals surface area contributed by atoms with E-state index in [9.17, 15) is 0 Å². The van der Waals surface area contributed by atoms with Crippen molar-refractivity contribution in [3.63, 3.8) is 0 Å². The van der Waals surface area contributed by atoms with Gasteiger partial charge in [0.25, 0.3) is 0 Å². The zero-order valence-corrected chi connectivity index (χ0v) is 9.11. The molecule has 1 aromatic rings. The lowest BCUT2D eigenvalue weighted by atomic mass is 10.2. The van der Waals surface area contributed by atoms with Gasteiger partial charge in [0.2, 0.25) is 0 Å². The first kappa shape index (κ1) is 10.1. The van der Waals surface area contributed by atoms with Gasteiger partial charge in [0.05, 0.1) is 13.2 Å². The van der Waals surface area contributed by atoms with Crippen molar-refractivity contribution in [3.05, 3.63) is 34.3 Å². The summed E-state index contributed by atoms with van der Waals surface area (Å²) in [7, 11) is 0. The average molecular weight is 259 g/mol. The maximum atomic E-state index is 8.88. The van der Waals surface area contributed by atoms with E-state index in [0.29, 0.717) is 6.61 Å². The van der Waals surface area contributed by atoms with E-state index in [1.54, 1.807) is 0 Å². The Labute approximate surface area is 90.8 Å². The topological polar surface area (TPSA) is 38.7 Å². The van der Waals surface area contributed by atoms with Crippen molar-refractivity contribution in [1.29, 1.82) is 0 Å². The highest BCUT2D eigenvalue weighted by Crippen LogP contribution is 2.31. The molecule has 1 saturated heterocycles. The van der Waals surface area contributed by atoms with Gasteiger partial charge in [0.15, 0.2) is 6.29 Å². The Kier molecular flexibility index (Phi) is 3.18. The molecule has 2 rings (SSSR count). The molecule has 0 radical (unpaired) electrons. The van der Waals surface area contributed by atoms with Crippen molar-refractivity contribution in [1.82, 2.24) is 0 Å². The van der Waals surface area contributed by atoms with Gasteiger partial charge in [-0.3, -0.25) is 0 Å². The largest absolute Gasteiger partial charge is 0.394 e. The standard InChI is InChI=1S/C10H11BrO3/c11-9-4-2-1-3-8(9)10-13-6-7(5-12)14-10/h1-4,7,10,12H,5-6H2. The molecule has 76 valence electrons. The molecule has 1 N–H and O–H groups in total. The maximum absolute atomic E-state index is 8.88. The van der Waals surface area contributed by atoms with Crippen LogP contribution in [0.15, 0.2) is 28.7 Å². The second kappa shape index (κ2) is 4.40. The molecule has 0 spiro atoms. The highest BCUT2D eigenvalue weighted by Gasteiger charge is 2.27. The fraction of sp³-hybridized carbons (Fsp3) is 0.400. The summed E-state index contributed by atoms with van der Waals surface area (Å²) in [5.74, 6) is 0. The first-order valence-corrected chi connectivity index (χ1v) is 5.23. The predicted molar refractivity (Wildman–Crippen MR) is 54.8 cm³/mol.